The van der Waals surface area contributed by atoms with Gasteiger partial charge in [-0.1, -0.05) is 23.7 Å². The van der Waals surface area contributed by atoms with E-state index in [0.29, 0.717) is 5.02 Å². The summed E-state index contributed by atoms with van der Waals surface area (Å²) in [5.74, 6) is 0. The van der Waals surface area contributed by atoms with Crippen molar-refractivity contribution in [3.05, 3.63) is 41.7 Å². The van der Waals surface area contributed by atoms with Crippen LogP contribution in [-0.2, 0) is 0 Å². The predicted molar refractivity (Wildman–Crippen MR) is 69.0 cm³/mol. The predicted octanol–water partition coefficient (Wildman–Crippen LogP) is 2.18. The Balaban J connectivity index is 2.43. The maximum absolute atomic E-state index is 5.81. The summed E-state index contributed by atoms with van der Waals surface area (Å²) in [7, 11) is 0. The van der Waals surface area contributed by atoms with E-state index in [-0.39, 0.29) is 5.11 Å². The van der Waals surface area contributed by atoms with Gasteiger partial charge >= 0.3 is 0 Å². The summed E-state index contributed by atoms with van der Waals surface area (Å²) in [5.41, 5.74) is 7.06. The van der Waals surface area contributed by atoms with E-state index < -0.39 is 0 Å². The number of nitrogens with zero attached hydrogens (tertiary/aromatic N) is 2. The van der Waals surface area contributed by atoms with Crippen LogP contribution in [0.3, 0.4) is 0 Å². The Morgan fingerprint density at radius 2 is 2.19 bits per heavy atom. The first-order chi connectivity index (χ1) is 7.66. The maximum atomic E-state index is 5.81. The molecule has 0 bridgehead atoms. The van der Waals surface area contributed by atoms with Gasteiger partial charge in [0.05, 0.1) is 22.6 Å². The molecule has 0 amide bonds. The van der Waals surface area contributed by atoms with Crippen LogP contribution in [0.4, 0.5) is 5.69 Å². The lowest BCUT2D eigenvalue weighted by atomic mass is 10.2. The molecule has 82 valence electrons. The molecular formula is C10H9ClN4S. The standard InChI is InChI=1S/C10H9ClN4S/c11-7-5-13-15(6-7)9-4-2-1-3-8(9)14-10(12)16/h1-6H,(H3,12,14,16). The molecule has 0 aliphatic heterocycles. The zero-order chi connectivity index (χ0) is 11.5. The van der Waals surface area contributed by atoms with Gasteiger partial charge in [-0.2, -0.15) is 5.10 Å². The first kappa shape index (κ1) is 10.9. The number of rotatable bonds is 2. The van der Waals surface area contributed by atoms with Gasteiger partial charge < -0.3 is 11.1 Å². The van der Waals surface area contributed by atoms with Crippen LogP contribution in [0.5, 0.6) is 0 Å². The quantitative estimate of drug-likeness (QED) is 0.805. The second-order valence-corrected chi connectivity index (χ2v) is 3.99. The fraction of sp³-hybridized carbons (Fsp3) is 0. The number of thiocarbonyl (C=S) groups is 1. The van der Waals surface area contributed by atoms with Gasteiger partial charge in [0, 0.05) is 6.20 Å². The van der Waals surface area contributed by atoms with Crippen molar-refractivity contribution in [3.63, 3.8) is 0 Å². The lowest BCUT2D eigenvalue weighted by molar-refractivity contribution is 0.882. The Labute approximate surface area is 103 Å². The Morgan fingerprint density at radius 1 is 1.44 bits per heavy atom. The van der Waals surface area contributed by atoms with Gasteiger partial charge in [-0.25, -0.2) is 4.68 Å². The highest BCUT2D eigenvalue weighted by atomic mass is 35.5. The van der Waals surface area contributed by atoms with E-state index in [1.54, 1.807) is 17.1 Å². The summed E-state index contributed by atoms with van der Waals surface area (Å²) in [6, 6.07) is 7.54. The largest absolute Gasteiger partial charge is 0.376 e. The number of hydrogen-bond donors (Lipinski definition) is 2. The van der Waals surface area contributed by atoms with Crippen molar-refractivity contribution in [1.82, 2.24) is 9.78 Å². The normalized spacial score (nSPS) is 10.1. The third kappa shape index (κ3) is 2.32. The highest BCUT2D eigenvalue weighted by Crippen LogP contribution is 2.20. The van der Waals surface area contributed by atoms with Crippen LogP contribution in [0.25, 0.3) is 5.69 Å². The average molecular weight is 253 g/mol. The van der Waals surface area contributed by atoms with Gasteiger partial charge in [-0.3, -0.25) is 0 Å². The van der Waals surface area contributed by atoms with Crippen LogP contribution in [0.15, 0.2) is 36.7 Å². The van der Waals surface area contributed by atoms with E-state index in [9.17, 15) is 0 Å². The van der Waals surface area contributed by atoms with E-state index in [1.807, 2.05) is 24.3 Å². The van der Waals surface area contributed by atoms with E-state index in [0.717, 1.165) is 11.4 Å². The fourth-order valence-electron chi connectivity index (χ4n) is 1.34. The molecule has 3 N–H and O–H groups in total. The van der Waals surface area contributed by atoms with Crippen LogP contribution in [0.2, 0.25) is 5.02 Å². The minimum atomic E-state index is 0.214. The number of anilines is 1. The lowest BCUT2D eigenvalue weighted by Crippen LogP contribution is -2.20. The van der Waals surface area contributed by atoms with E-state index in [4.69, 9.17) is 29.6 Å². The smallest absolute Gasteiger partial charge is 0.168 e. The van der Waals surface area contributed by atoms with E-state index in [2.05, 4.69) is 10.4 Å². The van der Waals surface area contributed by atoms with E-state index in [1.165, 1.54) is 0 Å². The average Bonchev–Trinajstić information content (AvgIpc) is 2.65. The number of nitrogens with one attached hydrogen (secondary N) is 1. The Kier molecular flexibility index (Phi) is 3.07. The minimum Gasteiger partial charge on any atom is -0.376 e. The van der Waals surface area contributed by atoms with Gasteiger partial charge in [0.15, 0.2) is 5.11 Å². The number of halogens is 1. The van der Waals surface area contributed by atoms with Crippen molar-refractivity contribution in [1.29, 1.82) is 0 Å². The van der Waals surface area contributed by atoms with Crippen molar-refractivity contribution in [2.45, 2.75) is 0 Å². The zero-order valence-corrected chi connectivity index (χ0v) is 9.79. The van der Waals surface area contributed by atoms with Crippen LogP contribution < -0.4 is 11.1 Å². The first-order valence-corrected chi connectivity index (χ1v) is 5.31. The molecule has 6 heteroatoms. The molecule has 1 aromatic heterocycles. The second-order valence-electron chi connectivity index (χ2n) is 3.11. The fourth-order valence-corrected chi connectivity index (χ4v) is 1.59. The van der Waals surface area contributed by atoms with Crippen molar-refractivity contribution < 1.29 is 0 Å². The molecule has 4 nitrogen and oxygen atoms in total. The summed E-state index contributed by atoms with van der Waals surface area (Å²) in [4.78, 5) is 0. The first-order valence-electron chi connectivity index (χ1n) is 4.53. The molecule has 2 aromatic rings. The molecule has 1 aromatic carbocycles. The Morgan fingerprint density at radius 3 is 2.81 bits per heavy atom. The van der Waals surface area contributed by atoms with Gasteiger partial charge in [-0.15, -0.1) is 0 Å². The van der Waals surface area contributed by atoms with Crippen LogP contribution in [0, 0.1) is 0 Å². The zero-order valence-electron chi connectivity index (χ0n) is 8.22. The molecule has 0 unspecified atom stereocenters. The van der Waals surface area contributed by atoms with E-state index >= 15 is 0 Å². The summed E-state index contributed by atoms with van der Waals surface area (Å²) in [6.45, 7) is 0. The van der Waals surface area contributed by atoms with Gasteiger partial charge in [0.25, 0.3) is 0 Å². The van der Waals surface area contributed by atoms with Crippen molar-refractivity contribution >= 4 is 34.6 Å². The lowest BCUT2D eigenvalue weighted by Gasteiger charge is -2.10. The van der Waals surface area contributed by atoms with Crippen LogP contribution in [0.1, 0.15) is 0 Å². The second kappa shape index (κ2) is 4.51. The molecule has 0 spiro atoms. The molecule has 0 saturated carbocycles. The molecule has 0 fully saturated rings. The molecule has 0 aliphatic carbocycles. The highest BCUT2D eigenvalue weighted by Gasteiger charge is 2.05. The maximum Gasteiger partial charge on any atom is 0.168 e. The topological polar surface area (TPSA) is 55.9 Å². The number of aromatic nitrogens is 2. The molecule has 2 rings (SSSR count). The van der Waals surface area contributed by atoms with Crippen molar-refractivity contribution in [3.8, 4) is 5.69 Å². The van der Waals surface area contributed by atoms with Crippen molar-refractivity contribution in [2.75, 3.05) is 5.32 Å². The van der Waals surface area contributed by atoms with Crippen LogP contribution in [-0.4, -0.2) is 14.9 Å². The molecule has 16 heavy (non-hydrogen) atoms. The van der Waals surface area contributed by atoms with Gasteiger partial charge in [-0.05, 0) is 24.4 Å². The number of para-hydroxylation sites is 2. The van der Waals surface area contributed by atoms with Crippen LogP contribution >= 0.6 is 23.8 Å². The summed E-state index contributed by atoms with van der Waals surface area (Å²) >= 11 is 10.6. The van der Waals surface area contributed by atoms with Crippen molar-refractivity contribution in [2.24, 2.45) is 5.73 Å². The monoisotopic (exact) mass is 252 g/mol. The third-order valence-electron chi connectivity index (χ3n) is 1.96. The number of benzene rings is 1. The summed E-state index contributed by atoms with van der Waals surface area (Å²) < 4.78 is 1.66. The Hall–Kier alpha value is -1.59. The molecule has 0 atom stereocenters. The molecule has 0 aliphatic rings. The molecular weight excluding hydrogens is 244 g/mol. The van der Waals surface area contributed by atoms with Gasteiger partial charge in [0.2, 0.25) is 0 Å². The minimum absolute atomic E-state index is 0.214. The van der Waals surface area contributed by atoms with Gasteiger partial charge in [0.1, 0.15) is 0 Å². The number of hydrogen-bond acceptors (Lipinski definition) is 2. The molecule has 1 heterocycles. The third-order valence-corrected chi connectivity index (χ3v) is 2.26. The SMILES string of the molecule is NC(=S)Nc1ccccc1-n1cc(Cl)cn1. The Bertz CT molecular complexity index is 523. The summed E-state index contributed by atoms with van der Waals surface area (Å²) in [6.07, 6.45) is 3.28. The number of nitrogens with two attached hydrogens (primary N) is 1. The molecule has 0 saturated heterocycles. The molecule has 0 radical (unpaired) electrons. The highest BCUT2D eigenvalue weighted by molar-refractivity contribution is 7.80. The summed E-state index contributed by atoms with van der Waals surface area (Å²) in [5, 5.41) is 7.79.